The van der Waals surface area contributed by atoms with Gasteiger partial charge < -0.3 is 53.0 Å². The number of ketones is 3. The minimum absolute atomic E-state index is 0.0104. The van der Waals surface area contributed by atoms with Gasteiger partial charge in [-0.1, -0.05) is 37.8 Å². The Morgan fingerprint density at radius 2 is 1.57 bits per heavy atom. The third-order valence-electron chi connectivity index (χ3n) is 13.2. The molecule has 0 aromatic heterocycles. The molecule has 2 aliphatic carbocycles. The number of aliphatic hydroxyl groups excluding tert-OH is 1. The van der Waals surface area contributed by atoms with Crippen LogP contribution in [0.1, 0.15) is 121 Å². The van der Waals surface area contributed by atoms with Crippen molar-refractivity contribution in [3.63, 3.8) is 0 Å². The van der Waals surface area contributed by atoms with Crippen molar-refractivity contribution in [1.29, 1.82) is 0 Å². The fourth-order valence-electron chi connectivity index (χ4n) is 9.84. The van der Waals surface area contributed by atoms with Gasteiger partial charge in [0, 0.05) is 47.9 Å². The molecule has 3 heterocycles. The van der Waals surface area contributed by atoms with Crippen molar-refractivity contribution in [3.05, 3.63) is 76.4 Å². The van der Waals surface area contributed by atoms with Gasteiger partial charge >= 0.3 is 5.97 Å². The maximum absolute atomic E-state index is 13.9. The second kappa shape index (κ2) is 17.1. The fraction of sp³-hybridized carbons (Fsp3) is 0.600. The van der Waals surface area contributed by atoms with E-state index in [0.29, 0.717) is 23.9 Å². The highest BCUT2D eigenvalue weighted by Crippen LogP contribution is 2.54. The Balaban J connectivity index is 1.17. The quantitative estimate of drug-likeness (QED) is 0.142. The highest BCUT2D eigenvalue weighted by Gasteiger charge is 2.54. The Hall–Kier alpha value is -3.90. The van der Waals surface area contributed by atoms with Gasteiger partial charge in [-0.25, -0.2) is 0 Å². The number of phenols is 1. The van der Waals surface area contributed by atoms with Crippen LogP contribution in [0.25, 0.3) is 0 Å². The summed E-state index contributed by atoms with van der Waals surface area (Å²) in [4.78, 5) is 53.3. The number of ether oxygens (including phenoxy) is 7. The Bertz CT molecular complexity index is 2000. The summed E-state index contributed by atoms with van der Waals surface area (Å²) in [5, 5.41) is 35.6. The SMILES string of the molecule is C=CC[N+](C)(C)[C@H]1C[C@H](O[C@H]2C[C@](O)(CC)[C@H](C(=O)OC)c3cc4c(c(O)c32)C(=O)c2ccccc2C4=O)O[C@@H](C)[C@H]1O[C@H]1C[C@H](O)[C@H](O[C@H]2CCC(=O)[C@H](C)O2)[C@H](C)O1. The topological polar surface area (TPSA) is 194 Å². The lowest BCUT2D eigenvalue weighted by Crippen LogP contribution is -2.64. The Labute approximate surface area is 350 Å². The van der Waals surface area contributed by atoms with Crippen molar-refractivity contribution in [2.45, 2.75) is 145 Å². The normalized spacial score (nSPS) is 35.6. The van der Waals surface area contributed by atoms with Crippen LogP contribution < -0.4 is 0 Å². The number of phenolic OH excluding ortho intramolecular Hbond substituents is 1. The molecule has 0 radical (unpaired) electrons. The van der Waals surface area contributed by atoms with Crippen molar-refractivity contribution < 1.29 is 72.1 Å². The predicted molar refractivity (Wildman–Crippen MR) is 213 cm³/mol. The van der Waals surface area contributed by atoms with Crippen LogP contribution >= 0.6 is 0 Å². The summed E-state index contributed by atoms with van der Waals surface area (Å²) in [5.74, 6) is -3.61. The maximum atomic E-state index is 13.9. The number of methoxy groups -OCH3 is 1. The Morgan fingerprint density at radius 3 is 2.18 bits per heavy atom. The first-order valence-electron chi connectivity index (χ1n) is 20.9. The van der Waals surface area contributed by atoms with E-state index in [4.69, 9.17) is 33.2 Å². The van der Waals surface area contributed by atoms with Crippen molar-refractivity contribution in [1.82, 2.24) is 0 Å². The van der Waals surface area contributed by atoms with Crippen LogP contribution in [0.2, 0.25) is 0 Å². The molecule has 15 heteroatoms. The smallest absolute Gasteiger partial charge is 0.316 e. The number of fused-ring (bicyclic) bond motifs is 3. The third kappa shape index (κ3) is 8.00. The van der Waals surface area contributed by atoms with Crippen molar-refractivity contribution >= 4 is 23.3 Å². The van der Waals surface area contributed by atoms with E-state index in [1.807, 2.05) is 27.1 Å². The molecule has 326 valence electrons. The average molecular weight is 837 g/mol. The van der Waals surface area contributed by atoms with Crippen LogP contribution in [-0.4, -0.2) is 138 Å². The molecule has 3 aliphatic heterocycles. The molecular formula is C45H58NO14+. The summed E-state index contributed by atoms with van der Waals surface area (Å²) < 4.78 is 43.7. The second-order valence-corrected chi connectivity index (χ2v) is 17.4. The van der Waals surface area contributed by atoms with Crippen molar-refractivity contribution in [3.8, 4) is 5.75 Å². The van der Waals surface area contributed by atoms with Crippen molar-refractivity contribution in [2.75, 3.05) is 27.7 Å². The summed E-state index contributed by atoms with van der Waals surface area (Å²) in [5.41, 5.74) is -1.46. The monoisotopic (exact) mass is 836 g/mol. The molecule has 5 aliphatic rings. The summed E-state index contributed by atoms with van der Waals surface area (Å²) in [6.07, 6.45) is -4.69. The highest BCUT2D eigenvalue weighted by atomic mass is 16.7. The van der Waals surface area contributed by atoms with Gasteiger partial charge in [0.15, 0.2) is 36.2 Å². The average Bonchev–Trinajstić information content (AvgIpc) is 3.20. The number of esters is 1. The number of Topliss-reactive ketones (excluding diaryl/α,β-unsaturated/α-hetero) is 1. The number of hydrogen-bond donors (Lipinski definition) is 3. The first kappa shape index (κ1) is 44.2. The number of quaternary nitrogens is 1. The molecule has 0 bridgehead atoms. The summed E-state index contributed by atoms with van der Waals surface area (Å²) >= 11 is 0. The van der Waals surface area contributed by atoms with Gasteiger partial charge in [-0.3, -0.25) is 19.2 Å². The molecule has 0 saturated carbocycles. The van der Waals surface area contributed by atoms with E-state index in [1.165, 1.54) is 25.3 Å². The molecule has 2 aromatic rings. The van der Waals surface area contributed by atoms with E-state index in [1.54, 1.807) is 32.9 Å². The van der Waals surface area contributed by atoms with E-state index < -0.39 is 96.4 Å². The number of benzene rings is 2. The molecule has 3 fully saturated rings. The molecule has 0 amide bonds. The number of nitrogens with zero attached hydrogens (tertiary/aromatic N) is 1. The largest absolute Gasteiger partial charge is 0.507 e. The van der Waals surface area contributed by atoms with Crippen LogP contribution in [0.5, 0.6) is 5.75 Å². The zero-order valence-corrected chi connectivity index (χ0v) is 35.3. The molecule has 0 spiro atoms. The first-order valence-corrected chi connectivity index (χ1v) is 20.9. The number of hydrogen-bond acceptors (Lipinski definition) is 14. The second-order valence-electron chi connectivity index (χ2n) is 17.4. The third-order valence-corrected chi connectivity index (χ3v) is 13.2. The molecule has 7 rings (SSSR count). The summed E-state index contributed by atoms with van der Waals surface area (Å²) in [6.45, 7) is 11.6. The summed E-state index contributed by atoms with van der Waals surface area (Å²) in [7, 11) is 5.26. The Kier molecular flexibility index (Phi) is 12.6. The predicted octanol–water partition coefficient (Wildman–Crippen LogP) is 4.15. The molecule has 2 aromatic carbocycles. The van der Waals surface area contributed by atoms with Gasteiger partial charge in [-0.2, -0.15) is 0 Å². The zero-order valence-electron chi connectivity index (χ0n) is 35.3. The molecule has 3 saturated heterocycles. The number of carbonyl (C=O) groups is 4. The lowest BCUT2D eigenvalue weighted by Gasteiger charge is -2.50. The zero-order chi connectivity index (χ0) is 43.4. The minimum Gasteiger partial charge on any atom is -0.507 e. The van der Waals surface area contributed by atoms with Crippen LogP contribution in [0.4, 0.5) is 0 Å². The molecular weight excluding hydrogens is 778 g/mol. The maximum Gasteiger partial charge on any atom is 0.316 e. The lowest BCUT2D eigenvalue weighted by atomic mass is 9.67. The van der Waals surface area contributed by atoms with Crippen LogP contribution in [0.15, 0.2) is 43.0 Å². The number of aliphatic hydroxyl groups is 2. The number of aromatic hydroxyl groups is 1. The van der Waals surface area contributed by atoms with E-state index in [9.17, 15) is 34.5 Å². The fourth-order valence-corrected chi connectivity index (χ4v) is 9.84. The van der Waals surface area contributed by atoms with Crippen LogP contribution in [-0.2, 0) is 42.7 Å². The molecule has 13 atom stereocenters. The number of likely N-dealkylation sites (N-methyl/N-ethyl adjacent to an activating group) is 1. The number of carbonyl (C=O) groups excluding carboxylic acids is 4. The Morgan fingerprint density at radius 1 is 0.933 bits per heavy atom. The minimum atomic E-state index is -1.73. The van der Waals surface area contributed by atoms with E-state index in [-0.39, 0.29) is 70.9 Å². The first-order chi connectivity index (χ1) is 28.4. The highest BCUT2D eigenvalue weighted by molar-refractivity contribution is 6.29. The van der Waals surface area contributed by atoms with E-state index in [0.717, 1.165) is 0 Å². The van der Waals surface area contributed by atoms with Crippen molar-refractivity contribution in [2.24, 2.45) is 0 Å². The van der Waals surface area contributed by atoms with Gasteiger partial charge in [0.05, 0.1) is 69.8 Å². The molecule has 60 heavy (non-hydrogen) atoms. The van der Waals surface area contributed by atoms with Crippen LogP contribution in [0.3, 0.4) is 0 Å². The molecule has 0 unspecified atom stereocenters. The van der Waals surface area contributed by atoms with E-state index >= 15 is 0 Å². The molecule has 3 N–H and O–H groups in total. The summed E-state index contributed by atoms with van der Waals surface area (Å²) in [6, 6.07) is 7.46. The molecule has 15 nitrogen and oxygen atoms in total. The standard InChI is InChI=1S/C45H57NO14/c1-9-17-46(6,7)29-19-34(56-23(4)42(29)60-35-20-31(48)43(24(5)57-35)59-33-16-15-30(47)22(3)55-33)58-32-21-45(53,10-2)38(44(52)54-8)27-18-28-37(41(51)36(27)32)40(50)26-14-12-11-13-25(26)39(28)49/h9,11-14,18,22-24,29,31-35,38,42-43,48,53H,1,10,15-17,19-21H2,2-8H3/p+1/t22-,23-,24-,29-,31-,32-,33-,34-,35-,38-,42+,43+,45+/m0/s1. The van der Waals surface area contributed by atoms with Gasteiger partial charge in [0.2, 0.25) is 0 Å². The lowest BCUT2D eigenvalue weighted by molar-refractivity contribution is -0.916. The van der Waals surface area contributed by atoms with Crippen LogP contribution in [0, 0.1) is 0 Å². The van der Waals surface area contributed by atoms with Gasteiger partial charge in [0.1, 0.15) is 36.0 Å². The van der Waals surface area contributed by atoms with Gasteiger partial charge in [0.25, 0.3) is 0 Å². The van der Waals surface area contributed by atoms with E-state index in [2.05, 4.69) is 6.58 Å². The number of rotatable bonds is 11. The van der Waals surface area contributed by atoms with Gasteiger partial charge in [-0.05, 0) is 44.9 Å². The van der Waals surface area contributed by atoms with Gasteiger partial charge in [-0.15, -0.1) is 0 Å².